The number of fused-ring (bicyclic) bond motifs is 1. The van der Waals surface area contributed by atoms with Crippen molar-refractivity contribution in [3.63, 3.8) is 0 Å². The van der Waals surface area contributed by atoms with E-state index in [0.29, 0.717) is 6.04 Å². The Hall–Kier alpha value is -3.38. The molecule has 7 rings (SSSR count). The van der Waals surface area contributed by atoms with Crippen LogP contribution in [0.1, 0.15) is 44.7 Å². The lowest BCUT2D eigenvalue weighted by molar-refractivity contribution is 0.0929. The smallest absolute Gasteiger partial charge is 0.258 e. The van der Waals surface area contributed by atoms with E-state index < -0.39 is 0 Å². The Morgan fingerprint density at radius 3 is 2.63 bits per heavy atom. The average molecular weight is 467 g/mol. The number of hydrogen-bond acceptors (Lipinski definition) is 4. The molecule has 3 aliphatic heterocycles. The summed E-state index contributed by atoms with van der Waals surface area (Å²) in [5.41, 5.74) is 5.33. The first-order chi connectivity index (χ1) is 16.9. The number of carbonyl (C=O) groups is 2. The number of likely N-dealkylation sites (tertiary alicyclic amines) is 1. The number of benzene rings is 3. The van der Waals surface area contributed by atoms with E-state index in [1.54, 1.807) is 4.90 Å². The van der Waals surface area contributed by atoms with Gasteiger partial charge in [0.1, 0.15) is 0 Å². The molecule has 6 heteroatoms. The van der Waals surface area contributed by atoms with Crippen LogP contribution < -0.4 is 15.1 Å². The van der Waals surface area contributed by atoms with E-state index in [-0.39, 0.29) is 17.4 Å². The van der Waals surface area contributed by atoms with Gasteiger partial charge in [-0.15, -0.1) is 0 Å². The van der Waals surface area contributed by atoms with Gasteiger partial charge in [0.25, 0.3) is 11.8 Å². The van der Waals surface area contributed by atoms with Gasteiger partial charge in [-0.3, -0.25) is 9.59 Å². The first-order valence-electron chi connectivity index (χ1n) is 12.6. The molecule has 1 saturated carbocycles. The van der Waals surface area contributed by atoms with Crippen molar-refractivity contribution in [1.82, 2.24) is 10.2 Å². The number of hydrogen-bond donors (Lipinski definition) is 1. The van der Waals surface area contributed by atoms with E-state index in [9.17, 15) is 9.59 Å². The zero-order chi connectivity index (χ0) is 24.1. The molecule has 2 atom stereocenters. The summed E-state index contributed by atoms with van der Waals surface area (Å²) in [6.07, 6.45) is 1.81. The molecule has 1 aliphatic carbocycles. The normalized spacial score (nSPS) is 24.0. The molecule has 0 spiro atoms. The van der Waals surface area contributed by atoms with Gasteiger partial charge in [-0.2, -0.15) is 0 Å². The van der Waals surface area contributed by atoms with Crippen molar-refractivity contribution < 1.29 is 9.59 Å². The summed E-state index contributed by atoms with van der Waals surface area (Å²) in [5, 5.41) is 5.48. The monoisotopic (exact) mass is 466 g/mol. The van der Waals surface area contributed by atoms with Gasteiger partial charge in [-0.25, -0.2) is 0 Å². The van der Waals surface area contributed by atoms with Crippen LogP contribution in [0.2, 0.25) is 0 Å². The van der Waals surface area contributed by atoms with Crippen LogP contribution in [0.3, 0.4) is 0 Å². The van der Waals surface area contributed by atoms with Crippen LogP contribution >= 0.6 is 0 Å². The fourth-order valence-corrected chi connectivity index (χ4v) is 6.60. The van der Waals surface area contributed by atoms with Crippen molar-refractivity contribution >= 4 is 34.0 Å². The Morgan fingerprint density at radius 1 is 1.03 bits per heavy atom. The molecule has 3 aromatic carbocycles. The van der Waals surface area contributed by atoms with Gasteiger partial charge < -0.3 is 20.0 Å². The third-order valence-electron chi connectivity index (χ3n) is 8.75. The van der Waals surface area contributed by atoms with Crippen LogP contribution in [0.4, 0.5) is 11.4 Å². The molecule has 3 aromatic rings. The number of nitrogens with one attached hydrogen (secondary N) is 1. The fourth-order valence-electron chi connectivity index (χ4n) is 6.60. The maximum atomic E-state index is 13.6. The molecule has 2 amide bonds. The quantitative estimate of drug-likeness (QED) is 0.634. The maximum absolute atomic E-state index is 13.6. The number of carbonyl (C=O) groups excluding carboxylic acids is 2. The van der Waals surface area contributed by atoms with E-state index in [2.05, 4.69) is 52.5 Å². The lowest BCUT2D eigenvalue weighted by atomic mass is 9.90. The molecule has 6 nitrogen and oxygen atoms in total. The van der Waals surface area contributed by atoms with Crippen LogP contribution in [0.5, 0.6) is 0 Å². The Morgan fingerprint density at radius 2 is 1.86 bits per heavy atom. The summed E-state index contributed by atoms with van der Waals surface area (Å²) < 4.78 is 0. The van der Waals surface area contributed by atoms with Crippen molar-refractivity contribution in [2.75, 3.05) is 43.5 Å². The highest BCUT2D eigenvalue weighted by atomic mass is 16.2. The fraction of sp³-hybridized carbons (Fsp3) is 0.379. The van der Waals surface area contributed by atoms with E-state index in [1.165, 1.54) is 6.54 Å². The molecule has 4 aliphatic rings. The summed E-state index contributed by atoms with van der Waals surface area (Å²) in [4.78, 5) is 32.9. The van der Waals surface area contributed by atoms with Gasteiger partial charge >= 0.3 is 0 Å². The van der Waals surface area contributed by atoms with E-state index in [0.717, 1.165) is 76.3 Å². The lowest BCUT2D eigenvalue weighted by Gasteiger charge is -2.45. The molecular weight excluding hydrogens is 436 g/mol. The third-order valence-corrected chi connectivity index (χ3v) is 8.75. The Kier molecular flexibility index (Phi) is 4.23. The molecule has 35 heavy (non-hydrogen) atoms. The summed E-state index contributed by atoms with van der Waals surface area (Å²) in [6, 6.07) is 16.9. The molecule has 0 radical (unpaired) electrons. The molecule has 0 bridgehead atoms. The van der Waals surface area contributed by atoms with Crippen LogP contribution in [-0.4, -0.2) is 56.5 Å². The minimum Gasteiger partial charge on any atom is -0.366 e. The molecule has 1 N–H and O–H groups in total. The van der Waals surface area contributed by atoms with E-state index in [4.69, 9.17) is 0 Å². The van der Waals surface area contributed by atoms with Crippen molar-refractivity contribution in [1.29, 1.82) is 0 Å². The topological polar surface area (TPSA) is 55.9 Å². The second-order valence-corrected chi connectivity index (χ2v) is 11.0. The molecule has 0 aromatic heterocycles. The molecule has 3 heterocycles. The second-order valence-electron chi connectivity index (χ2n) is 11.0. The number of rotatable bonds is 4. The van der Waals surface area contributed by atoms with Crippen LogP contribution in [0, 0.1) is 12.8 Å². The number of amides is 2. The Labute approximate surface area is 205 Å². The number of likely N-dealkylation sites (N-methyl/N-ethyl adjacent to an activating group) is 1. The largest absolute Gasteiger partial charge is 0.366 e. The van der Waals surface area contributed by atoms with Gasteiger partial charge in [0, 0.05) is 60.8 Å². The zero-order valence-corrected chi connectivity index (χ0v) is 20.5. The minimum atomic E-state index is -0.378. The summed E-state index contributed by atoms with van der Waals surface area (Å²) >= 11 is 0. The minimum absolute atomic E-state index is 0.0149. The predicted octanol–water partition coefficient (Wildman–Crippen LogP) is 3.91. The van der Waals surface area contributed by atoms with Crippen LogP contribution in [-0.2, 0) is 5.54 Å². The average Bonchev–Trinajstić information content (AvgIpc) is 3.51. The Balaban J connectivity index is 1.20. The number of aryl methyl sites for hydroxylation is 1. The SMILES string of the molecule is Cc1ccc(N2C[C@H]3CN(C)C[C@H]32)cc1C(=O)NC1(c2ccc3c4c(cccc24)C(=O)N3C)CC1. The van der Waals surface area contributed by atoms with Crippen molar-refractivity contribution in [3.05, 3.63) is 70.8 Å². The zero-order valence-electron chi connectivity index (χ0n) is 20.5. The molecular formula is C29H30N4O2. The van der Waals surface area contributed by atoms with Crippen molar-refractivity contribution in [2.45, 2.75) is 31.3 Å². The number of anilines is 2. The molecule has 2 saturated heterocycles. The second kappa shape index (κ2) is 7.08. The van der Waals surface area contributed by atoms with Crippen LogP contribution in [0.15, 0.2) is 48.5 Å². The van der Waals surface area contributed by atoms with Crippen molar-refractivity contribution in [2.24, 2.45) is 5.92 Å². The van der Waals surface area contributed by atoms with Crippen molar-refractivity contribution in [3.8, 4) is 0 Å². The van der Waals surface area contributed by atoms with Gasteiger partial charge in [-0.1, -0.05) is 24.3 Å². The standard InChI is InChI=1S/C29H30N4O2/c1-17-7-8-19(33-15-18-14-31(2)16-25(18)33)13-22(17)27(34)30-29(11-12-29)23-9-10-24-26-20(23)5-4-6-21(26)28(35)32(24)3/h4-10,13,18,25H,11-12,14-16H2,1-3H3,(H,30,34)/t18-,25-/m1/s1. The first-order valence-corrected chi connectivity index (χ1v) is 12.6. The molecule has 178 valence electrons. The van der Waals surface area contributed by atoms with Gasteiger partial charge in [-0.05, 0) is 67.6 Å². The van der Waals surface area contributed by atoms with Gasteiger partial charge in [0.15, 0.2) is 0 Å². The highest BCUT2D eigenvalue weighted by molar-refractivity contribution is 6.25. The summed E-state index contributed by atoms with van der Waals surface area (Å²) in [6.45, 7) is 5.34. The highest BCUT2D eigenvalue weighted by Gasteiger charge is 2.48. The summed E-state index contributed by atoms with van der Waals surface area (Å²) in [7, 11) is 4.01. The third kappa shape index (κ3) is 2.92. The van der Waals surface area contributed by atoms with Gasteiger partial charge in [0.05, 0.1) is 11.2 Å². The predicted molar refractivity (Wildman–Crippen MR) is 138 cm³/mol. The lowest BCUT2D eigenvalue weighted by Crippen LogP contribution is -2.55. The maximum Gasteiger partial charge on any atom is 0.258 e. The number of nitrogens with zero attached hydrogens (tertiary/aromatic N) is 3. The Bertz CT molecular complexity index is 1430. The van der Waals surface area contributed by atoms with E-state index in [1.807, 2.05) is 32.2 Å². The first kappa shape index (κ1) is 20.9. The molecule has 0 unspecified atom stereocenters. The van der Waals surface area contributed by atoms with E-state index >= 15 is 0 Å². The molecule has 3 fully saturated rings. The van der Waals surface area contributed by atoms with Gasteiger partial charge in [0.2, 0.25) is 0 Å². The summed E-state index contributed by atoms with van der Waals surface area (Å²) in [5.74, 6) is 0.757. The highest BCUT2D eigenvalue weighted by Crippen LogP contribution is 2.51. The van der Waals surface area contributed by atoms with Crippen LogP contribution in [0.25, 0.3) is 10.8 Å².